The number of benzene rings is 1. The normalized spacial score (nSPS) is 11.2. The second-order valence-corrected chi connectivity index (χ2v) is 9.04. The Morgan fingerprint density at radius 2 is 2.00 bits per heavy atom. The van der Waals surface area contributed by atoms with Gasteiger partial charge in [-0.25, -0.2) is 9.67 Å². The maximum Gasteiger partial charge on any atom is 0.273 e. The predicted molar refractivity (Wildman–Crippen MR) is 126 cm³/mol. The van der Waals surface area contributed by atoms with E-state index in [4.69, 9.17) is 0 Å². The number of nitro benzene ring substituents is 1. The Balaban J connectivity index is 0.00000306. The van der Waals surface area contributed by atoms with Crippen LogP contribution in [0.3, 0.4) is 0 Å². The Kier molecular flexibility index (Phi) is 8.18. The molecule has 0 N–H and O–H groups in total. The molecule has 33 heavy (non-hydrogen) atoms. The van der Waals surface area contributed by atoms with Crippen LogP contribution < -0.4 is 0 Å². The van der Waals surface area contributed by atoms with Crippen LogP contribution in [0.4, 0.5) is 5.69 Å². The second-order valence-electron chi connectivity index (χ2n) is 7.11. The molecular formula is C18H21ClN10O2S2. The van der Waals surface area contributed by atoms with E-state index in [0.29, 0.717) is 34.0 Å². The fraction of sp³-hybridized carbons (Fsp3) is 0.333. The SMILES string of the molecule is Cc1cc(Sc2nnnn2CCN(C)C)n2nc(SCc3ccccc3[N+](=O)[O-])nc2n1.Cl. The number of hydrogen-bond donors (Lipinski definition) is 0. The molecular weight excluding hydrogens is 488 g/mol. The van der Waals surface area contributed by atoms with Gasteiger partial charge in [-0.05, 0) is 49.3 Å². The number of hydrogen-bond acceptors (Lipinski definition) is 11. The van der Waals surface area contributed by atoms with Gasteiger partial charge in [0.05, 0.1) is 11.5 Å². The zero-order valence-electron chi connectivity index (χ0n) is 18.0. The summed E-state index contributed by atoms with van der Waals surface area (Å²) in [5, 5.41) is 29.7. The van der Waals surface area contributed by atoms with Crippen LogP contribution in [-0.2, 0) is 12.3 Å². The molecule has 0 saturated heterocycles. The molecule has 0 bridgehead atoms. The highest BCUT2D eigenvalue weighted by molar-refractivity contribution is 7.99. The van der Waals surface area contributed by atoms with Gasteiger partial charge in [0, 0.05) is 29.6 Å². The summed E-state index contributed by atoms with van der Waals surface area (Å²) in [6.45, 7) is 3.34. The Morgan fingerprint density at radius 3 is 2.76 bits per heavy atom. The van der Waals surface area contributed by atoms with Gasteiger partial charge in [0.1, 0.15) is 5.03 Å². The number of aryl methyl sites for hydroxylation is 1. The predicted octanol–water partition coefficient (Wildman–Crippen LogP) is 2.75. The van der Waals surface area contributed by atoms with Gasteiger partial charge in [0.2, 0.25) is 10.3 Å². The standard InChI is InChI=1S/C18H20N10O2S2.ClH/c1-12-10-15(32-18-21-23-24-26(18)9-8-25(2)3)27-16(19-12)20-17(22-27)31-11-13-6-4-5-7-14(13)28(29)30;/h4-7,10H,8-9,11H2,1-3H3;1H. The first-order chi connectivity index (χ1) is 15.4. The number of likely N-dealkylation sites (N-methyl/N-ethyl adjacent to an activating group) is 1. The van der Waals surface area contributed by atoms with Crippen molar-refractivity contribution in [2.24, 2.45) is 0 Å². The van der Waals surface area contributed by atoms with Crippen LogP contribution in [0, 0.1) is 17.0 Å². The Bertz CT molecular complexity index is 1260. The van der Waals surface area contributed by atoms with Crippen LogP contribution in [-0.4, -0.2) is 70.3 Å². The summed E-state index contributed by atoms with van der Waals surface area (Å²) >= 11 is 2.70. The Hall–Kier alpha value is -2.81. The van der Waals surface area contributed by atoms with Gasteiger partial charge in [-0.1, -0.05) is 30.0 Å². The summed E-state index contributed by atoms with van der Waals surface area (Å²) < 4.78 is 3.39. The molecule has 0 unspecified atom stereocenters. The first-order valence-corrected chi connectivity index (χ1v) is 11.4. The molecule has 0 fully saturated rings. The first-order valence-electron chi connectivity index (χ1n) is 9.59. The molecule has 174 valence electrons. The van der Waals surface area contributed by atoms with E-state index < -0.39 is 0 Å². The van der Waals surface area contributed by atoms with Crippen LogP contribution in [0.15, 0.2) is 45.7 Å². The fourth-order valence-electron chi connectivity index (χ4n) is 2.82. The zero-order chi connectivity index (χ0) is 22.7. The molecule has 0 saturated carbocycles. The molecule has 1 aromatic carbocycles. The van der Waals surface area contributed by atoms with Crippen molar-refractivity contribution in [1.29, 1.82) is 0 Å². The summed E-state index contributed by atoms with van der Waals surface area (Å²) in [6.07, 6.45) is 0. The van der Waals surface area contributed by atoms with Crippen molar-refractivity contribution in [1.82, 2.24) is 44.7 Å². The molecule has 0 spiro atoms. The van der Waals surface area contributed by atoms with Crippen molar-refractivity contribution in [3.05, 3.63) is 51.7 Å². The van der Waals surface area contributed by atoms with Crippen molar-refractivity contribution in [3.8, 4) is 0 Å². The number of tetrazole rings is 1. The van der Waals surface area contributed by atoms with E-state index in [1.54, 1.807) is 27.4 Å². The van der Waals surface area contributed by atoms with Crippen molar-refractivity contribution in [3.63, 3.8) is 0 Å². The van der Waals surface area contributed by atoms with Crippen LogP contribution in [0.2, 0.25) is 0 Å². The molecule has 0 radical (unpaired) electrons. The summed E-state index contributed by atoms with van der Waals surface area (Å²) in [6, 6.07) is 8.55. The van der Waals surface area contributed by atoms with Gasteiger partial charge in [-0.2, -0.15) is 9.50 Å². The molecule has 12 nitrogen and oxygen atoms in total. The van der Waals surface area contributed by atoms with E-state index >= 15 is 0 Å². The van der Waals surface area contributed by atoms with E-state index in [1.165, 1.54) is 29.6 Å². The number of rotatable bonds is 9. The molecule has 3 aromatic heterocycles. The second kappa shape index (κ2) is 10.9. The maximum absolute atomic E-state index is 11.2. The van der Waals surface area contributed by atoms with Gasteiger partial charge in [0.15, 0.2) is 0 Å². The smallest absolute Gasteiger partial charge is 0.273 e. The van der Waals surface area contributed by atoms with E-state index in [-0.39, 0.29) is 23.0 Å². The van der Waals surface area contributed by atoms with Crippen molar-refractivity contribution < 1.29 is 4.92 Å². The van der Waals surface area contributed by atoms with E-state index in [9.17, 15) is 10.1 Å². The van der Waals surface area contributed by atoms with E-state index in [2.05, 4.69) is 35.5 Å². The maximum atomic E-state index is 11.2. The molecule has 3 heterocycles. The number of aromatic nitrogens is 8. The van der Waals surface area contributed by atoms with E-state index in [0.717, 1.165) is 17.3 Å². The zero-order valence-corrected chi connectivity index (χ0v) is 20.5. The molecule has 0 atom stereocenters. The lowest BCUT2D eigenvalue weighted by molar-refractivity contribution is -0.385. The number of thioether (sulfide) groups is 1. The molecule has 0 aliphatic carbocycles. The lowest BCUT2D eigenvalue weighted by atomic mass is 10.2. The molecule has 15 heteroatoms. The number of para-hydroxylation sites is 1. The number of halogens is 1. The highest BCUT2D eigenvalue weighted by atomic mass is 35.5. The summed E-state index contributed by atoms with van der Waals surface area (Å²) in [5.74, 6) is 0.822. The summed E-state index contributed by atoms with van der Waals surface area (Å²) in [7, 11) is 3.98. The van der Waals surface area contributed by atoms with Gasteiger partial charge >= 0.3 is 0 Å². The van der Waals surface area contributed by atoms with Gasteiger partial charge in [-0.3, -0.25) is 10.1 Å². The van der Waals surface area contributed by atoms with Gasteiger partial charge in [-0.15, -0.1) is 22.6 Å². The van der Waals surface area contributed by atoms with Crippen molar-refractivity contribution in [2.45, 2.75) is 34.6 Å². The largest absolute Gasteiger partial charge is 0.308 e. The van der Waals surface area contributed by atoms with Crippen molar-refractivity contribution >= 4 is 47.4 Å². The highest BCUT2D eigenvalue weighted by Crippen LogP contribution is 2.29. The third-order valence-electron chi connectivity index (χ3n) is 4.39. The minimum atomic E-state index is -0.382. The fourth-order valence-corrected chi connectivity index (χ4v) is 4.57. The molecule has 4 aromatic rings. The summed E-state index contributed by atoms with van der Waals surface area (Å²) in [4.78, 5) is 21.9. The van der Waals surface area contributed by atoms with Crippen LogP contribution in [0.25, 0.3) is 5.78 Å². The molecule has 0 aliphatic rings. The van der Waals surface area contributed by atoms with Crippen LogP contribution in [0.1, 0.15) is 11.3 Å². The van der Waals surface area contributed by atoms with Crippen molar-refractivity contribution in [2.75, 3.05) is 20.6 Å². The highest BCUT2D eigenvalue weighted by Gasteiger charge is 2.17. The van der Waals surface area contributed by atoms with Gasteiger partial charge < -0.3 is 4.90 Å². The average molecular weight is 509 g/mol. The first kappa shape index (κ1) is 24.8. The van der Waals surface area contributed by atoms with E-state index in [1.807, 2.05) is 27.1 Å². The Morgan fingerprint density at radius 1 is 1.21 bits per heavy atom. The lowest BCUT2D eigenvalue weighted by Crippen LogP contribution is -2.19. The number of fused-ring (bicyclic) bond motifs is 1. The summed E-state index contributed by atoms with van der Waals surface area (Å²) in [5.41, 5.74) is 1.48. The van der Waals surface area contributed by atoms with Crippen LogP contribution >= 0.6 is 35.9 Å². The third-order valence-corrected chi connectivity index (χ3v) is 6.25. The minimum Gasteiger partial charge on any atom is -0.308 e. The van der Waals surface area contributed by atoms with Crippen LogP contribution in [0.5, 0.6) is 0 Å². The molecule has 0 amide bonds. The van der Waals surface area contributed by atoms with Gasteiger partial charge in [0.25, 0.3) is 11.5 Å². The molecule has 0 aliphatic heterocycles. The third kappa shape index (κ3) is 5.96. The quantitative estimate of drug-likeness (QED) is 0.143. The average Bonchev–Trinajstić information content (AvgIpc) is 3.37. The number of nitrogens with zero attached hydrogens (tertiary/aromatic N) is 10. The lowest BCUT2D eigenvalue weighted by Gasteiger charge is -2.10. The molecule has 4 rings (SSSR count). The number of nitro groups is 1. The minimum absolute atomic E-state index is 0. The topological polar surface area (TPSA) is 133 Å². The Labute approximate surface area is 203 Å². The monoisotopic (exact) mass is 508 g/mol.